The number of hydrogen-bond acceptors (Lipinski definition) is 3. The van der Waals surface area contributed by atoms with Crippen LogP contribution in [0.2, 0.25) is 5.02 Å². The minimum absolute atomic E-state index is 0.429. The minimum atomic E-state index is -0.429. The van der Waals surface area contributed by atoms with E-state index in [0.29, 0.717) is 16.4 Å². The van der Waals surface area contributed by atoms with Gasteiger partial charge in [-0.1, -0.05) is 41.1 Å². The highest BCUT2D eigenvalue weighted by atomic mass is 79.9. The average molecular weight is 360 g/mol. The zero-order valence-corrected chi connectivity index (χ0v) is 13.3. The van der Waals surface area contributed by atoms with Gasteiger partial charge in [0.05, 0.1) is 0 Å². The van der Waals surface area contributed by atoms with Crippen molar-refractivity contribution >= 4 is 49.4 Å². The molecule has 1 N–H and O–H groups in total. The largest absolute Gasteiger partial charge is 0.384 e. The molecule has 3 nitrogen and oxygen atoms in total. The predicted octanol–water partition coefficient (Wildman–Crippen LogP) is 4.01. The fourth-order valence-corrected chi connectivity index (χ4v) is 2.53. The second kappa shape index (κ2) is 6.03. The van der Waals surface area contributed by atoms with Crippen LogP contribution in [0.5, 0.6) is 0 Å². The predicted molar refractivity (Wildman–Crippen MR) is 85.9 cm³/mol. The van der Waals surface area contributed by atoms with Crippen LogP contribution in [0.1, 0.15) is 18.9 Å². The molecule has 0 amide bonds. The summed E-state index contributed by atoms with van der Waals surface area (Å²) in [6.07, 6.45) is 4.38. The van der Waals surface area contributed by atoms with Crippen LogP contribution in [-0.2, 0) is 4.84 Å². The van der Waals surface area contributed by atoms with Crippen molar-refractivity contribution in [1.82, 2.24) is 5.32 Å². The van der Waals surface area contributed by atoms with E-state index in [1.54, 1.807) is 18.3 Å². The van der Waals surface area contributed by atoms with E-state index < -0.39 is 5.60 Å². The molecule has 2 rings (SSSR count). The summed E-state index contributed by atoms with van der Waals surface area (Å²) >= 11 is 14.4. The van der Waals surface area contributed by atoms with Gasteiger partial charge >= 0.3 is 0 Å². The molecular formula is C13H12BrClN2OS. The number of nitrogens with zero attached hydrogens (tertiary/aromatic N) is 1. The number of thiocarbonyl (C=S) groups is 1. The average Bonchev–Trinajstić information content (AvgIpc) is 2.70. The topological polar surface area (TPSA) is 33.6 Å². The third-order valence-corrected chi connectivity index (χ3v) is 3.64. The van der Waals surface area contributed by atoms with Crippen molar-refractivity contribution < 1.29 is 4.84 Å². The Balaban J connectivity index is 1.92. The Bertz CT molecular complexity index is 544. The Labute approximate surface area is 130 Å². The van der Waals surface area contributed by atoms with E-state index in [9.17, 15) is 0 Å². The molecule has 0 aromatic heterocycles. The number of oxime groups is 1. The summed E-state index contributed by atoms with van der Waals surface area (Å²) in [4.78, 5) is 5.94. The molecule has 0 saturated heterocycles. The fraction of sp³-hybridized carbons (Fsp3) is 0.231. The molecule has 19 heavy (non-hydrogen) atoms. The van der Waals surface area contributed by atoms with Crippen LogP contribution in [0.3, 0.4) is 0 Å². The van der Waals surface area contributed by atoms with Crippen LogP contribution in [0.25, 0.3) is 0 Å². The van der Waals surface area contributed by atoms with Gasteiger partial charge in [-0.05, 0) is 41.1 Å². The fourth-order valence-electron chi connectivity index (χ4n) is 1.58. The van der Waals surface area contributed by atoms with Gasteiger partial charge in [-0.15, -0.1) is 0 Å². The molecule has 0 radical (unpaired) electrons. The SMILES string of the molecule is C[C@]1(/C=C/NC(=S)c2ccc(Cl)cc2)CC(Br)=NO1. The smallest absolute Gasteiger partial charge is 0.160 e. The Morgan fingerprint density at radius 2 is 2.21 bits per heavy atom. The molecule has 0 fully saturated rings. The molecule has 0 aliphatic carbocycles. The van der Waals surface area contributed by atoms with Gasteiger partial charge in [0, 0.05) is 23.2 Å². The second-order valence-corrected chi connectivity index (χ2v) is 6.12. The van der Waals surface area contributed by atoms with Crippen molar-refractivity contribution in [3.05, 3.63) is 47.1 Å². The number of hydrogen-bond donors (Lipinski definition) is 1. The molecule has 0 spiro atoms. The summed E-state index contributed by atoms with van der Waals surface area (Å²) in [5, 5.41) is 7.60. The maximum Gasteiger partial charge on any atom is 0.160 e. The summed E-state index contributed by atoms with van der Waals surface area (Å²) in [5.41, 5.74) is 0.487. The highest BCUT2D eigenvalue weighted by Gasteiger charge is 2.30. The monoisotopic (exact) mass is 358 g/mol. The van der Waals surface area contributed by atoms with E-state index in [0.717, 1.165) is 10.2 Å². The lowest BCUT2D eigenvalue weighted by Crippen LogP contribution is -2.23. The first-order valence-electron chi connectivity index (χ1n) is 5.63. The normalized spacial score (nSPS) is 22.2. The Hall–Kier alpha value is -0.910. The number of halogens is 2. The Kier molecular flexibility index (Phi) is 4.60. The van der Waals surface area contributed by atoms with Gasteiger partial charge in [-0.2, -0.15) is 0 Å². The molecule has 1 heterocycles. The van der Waals surface area contributed by atoms with Crippen LogP contribution < -0.4 is 5.32 Å². The number of rotatable bonds is 3. The van der Waals surface area contributed by atoms with E-state index in [1.165, 1.54) is 0 Å². The maximum absolute atomic E-state index is 5.83. The highest BCUT2D eigenvalue weighted by Crippen LogP contribution is 2.26. The first kappa shape index (κ1) is 14.5. The van der Waals surface area contributed by atoms with Crippen molar-refractivity contribution in [3.8, 4) is 0 Å². The molecular weight excluding hydrogens is 348 g/mol. The van der Waals surface area contributed by atoms with E-state index in [4.69, 9.17) is 28.7 Å². The molecule has 0 bridgehead atoms. The molecule has 1 aromatic carbocycles. The lowest BCUT2D eigenvalue weighted by Gasteiger charge is -2.15. The third-order valence-electron chi connectivity index (χ3n) is 2.61. The molecule has 100 valence electrons. The molecule has 1 atom stereocenters. The Morgan fingerprint density at radius 1 is 1.53 bits per heavy atom. The molecule has 1 aliphatic rings. The molecule has 0 saturated carbocycles. The standard InChI is InChI=1S/C13H12BrClN2OS/c1-13(8-11(14)17-18-13)6-7-16-12(19)9-2-4-10(15)5-3-9/h2-7H,8H2,1H3,(H,16,19)/b7-6+/t13-/m0/s1. The van der Waals surface area contributed by atoms with Gasteiger partial charge in [-0.3, -0.25) is 0 Å². The van der Waals surface area contributed by atoms with Crippen LogP contribution >= 0.6 is 39.7 Å². The van der Waals surface area contributed by atoms with Gasteiger partial charge in [0.2, 0.25) is 0 Å². The van der Waals surface area contributed by atoms with Crippen molar-refractivity contribution in [2.45, 2.75) is 18.9 Å². The van der Waals surface area contributed by atoms with Crippen LogP contribution in [-0.4, -0.2) is 15.2 Å². The van der Waals surface area contributed by atoms with Crippen molar-refractivity contribution in [2.24, 2.45) is 5.16 Å². The molecule has 1 aliphatic heterocycles. The van der Waals surface area contributed by atoms with Crippen molar-refractivity contribution in [2.75, 3.05) is 0 Å². The van der Waals surface area contributed by atoms with Gasteiger partial charge < -0.3 is 10.2 Å². The molecule has 1 aromatic rings. The zero-order valence-electron chi connectivity index (χ0n) is 10.2. The van der Waals surface area contributed by atoms with E-state index >= 15 is 0 Å². The maximum atomic E-state index is 5.83. The summed E-state index contributed by atoms with van der Waals surface area (Å²) in [6, 6.07) is 7.36. The lowest BCUT2D eigenvalue weighted by atomic mass is 10.0. The molecule has 0 unspecified atom stereocenters. The van der Waals surface area contributed by atoms with E-state index in [2.05, 4.69) is 26.4 Å². The lowest BCUT2D eigenvalue weighted by molar-refractivity contribution is 0.0361. The van der Waals surface area contributed by atoms with E-state index in [-0.39, 0.29) is 0 Å². The van der Waals surface area contributed by atoms with Crippen molar-refractivity contribution in [3.63, 3.8) is 0 Å². The second-order valence-electron chi connectivity index (χ2n) is 4.36. The zero-order chi connectivity index (χ0) is 13.9. The summed E-state index contributed by atoms with van der Waals surface area (Å²) in [5.74, 6) is 0. The van der Waals surface area contributed by atoms with Crippen molar-refractivity contribution in [1.29, 1.82) is 0 Å². The minimum Gasteiger partial charge on any atom is -0.384 e. The van der Waals surface area contributed by atoms with Gasteiger partial charge in [0.15, 0.2) is 5.60 Å². The highest BCUT2D eigenvalue weighted by molar-refractivity contribution is 9.18. The molecule has 6 heteroatoms. The quantitative estimate of drug-likeness (QED) is 0.828. The van der Waals surface area contributed by atoms with Crippen LogP contribution in [0, 0.1) is 0 Å². The third kappa shape index (κ3) is 4.03. The van der Waals surface area contributed by atoms with Gasteiger partial charge in [0.1, 0.15) is 9.61 Å². The van der Waals surface area contributed by atoms with E-state index in [1.807, 2.05) is 25.1 Å². The summed E-state index contributed by atoms with van der Waals surface area (Å²) in [6.45, 7) is 1.95. The van der Waals surface area contributed by atoms with Gasteiger partial charge in [0.25, 0.3) is 0 Å². The first-order chi connectivity index (χ1) is 8.98. The number of nitrogens with one attached hydrogen (secondary N) is 1. The summed E-state index contributed by atoms with van der Waals surface area (Å²) in [7, 11) is 0. The number of benzene rings is 1. The first-order valence-corrected chi connectivity index (χ1v) is 7.21. The summed E-state index contributed by atoms with van der Waals surface area (Å²) < 4.78 is 0.805. The Morgan fingerprint density at radius 3 is 2.79 bits per heavy atom. The van der Waals surface area contributed by atoms with Crippen LogP contribution in [0.15, 0.2) is 41.7 Å². The van der Waals surface area contributed by atoms with Crippen LogP contribution in [0.4, 0.5) is 0 Å². The van der Waals surface area contributed by atoms with Gasteiger partial charge in [-0.25, -0.2) is 0 Å².